The molecule has 4 heteroatoms. The van der Waals surface area contributed by atoms with Gasteiger partial charge in [0.1, 0.15) is 5.82 Å². The molecule has 0 bridgehead atoms. The van der Waals surface area contributed by atoms with Crippen LogP contribution in [0, 0.1) is 0 Å². The third kappa shape index (κ3) is 2.35. The van der Waals surface area contributed by atoms with E-state index in [-0.39, 0.29) is 6.04 Å². The van der Waals surface area contributed by atoms with Crippen molar-refractivity contribution in [1.82, 2.24) is 9.97 Å². The number of rotatable bonds is 4. The molecule has 100 valence electrons. The number of hydrogen-bond acceptors (Lipinski definition) is 2. The van der Waals surface area contributed by atoms with Crippen LogP contribution in [0.25, 0.3) is 11.3 Å². The molecule has 3 nitrogen and oxygen atoms in total. The number of nitrogens with one attached hydrogen (secondary N) is 1. The maximum absolute atomic E-state index is 6.18. The van der Waals surface area contributed by atoms with Crippen molar-refractivity contribution in [3.8, 4) is 11.3 Å². The lowest BCUT2D eigenvalue weighted by Crippen LogP contribution is -2.12. The van der Waals surface area contributed by atoms with Gasteiger partial charge in [-0.3, -0.25) is 0 Å². The topological polar surface area (TPSA) is 54.7 Å². The Morgan fingerprint density at radius 3 is 3.11 bits per heavy atom. The Hall–Kier alpha value is -1.13. The Kier molecular flexibility index (Phi) is 3.46. The summed E-state index contributed by atoms with van der Waals surface area (Å²) in [5, 5.41) is 0. The number of aromatic nitrogens is 2. The average Bonchev–Trinajstić information content (AvgIpc) is 2.92. The molecular formula is C15H18BrN3. The molecular weight excluding hydrogens is 302 g/mol. The van der Waals surface area contributed by atoms with E-state index in [1.165, 1.54) is 23.2 Å². The number of benzene rings is 1. The lowest BCUT2D eigenvalue weighted by atomic mass is 10.1. The van der Waals surface area contributed by atoms with Crippen LogP contribution in [0.4, 0.5) is 0 Å². The molecule has 1 aromatic carbocycles. The predicted molar refractivity (Wildman–Crippen MR) is 81.0 cm³/mol. The minimum atomic E-state index is 0.0319. The quantitative estimate of drug-likeness (QED) is 0.765. The van der Waals surface area contributed by atoms with Gasteiger partial charge in [-0.05, 0) is 24.1 Å². The fourth-order valence-electron chi connectivity index (χ4n) is 2.65. The Bertz CT molecular complexity index is 603. The highest BCUT2D eigenvalue weighted by Gasteiger charge is 2.24. The molecule has 0 aliphatic heterocycles. The summed E-state index contributed by atoms with van der Waals surface area (Å²) < 4.78 is 1.12. The summed E-state index contributed by atoms with van der Waals surface area (Å²) in [7, 11) is 0. The van der Waals surface area contributed by atoms with Crippen molar-refractivity contribution >= 4 is 15.9 Å². The number of hydrogen-bond donors (Lipinski definition) is 2. The van der Waals surface area contributed by atoms with Crippen molar-refractivity contribution in [2.75, 3.05) is 0 Å². The van der Waals surface area contributed by atoms with Crippen molar-refractivity contribution in [2.24, 2.45) is 5.73 Å². The third-order valence-corrected chi connectivity index (χ3v) is 4.20. The molecule has 1 heterocycles. The van der Waals surface area contributed by atoms with E-state index in [1.54, 1.807) is 0 Å². The van der Waals surface area contributed by atoms with Crippen LogP contribution in [0.2, 0.25) is 0 Å². The number of nitrogens with two attached hydrogens (primary N) is 1. The Balaban J connectivity index is 1.89. The summed E-state index contributed by atoms with van der Waals surface area (Å²) >= 11 is 3.51. The van der Waals surface area contributed by atoms with Gasteiger partial charge in [0.2, 0.25) is 0 Å². The second-order valence-electron chi connectivity index (χ2n) is 5.18. The van der Waals surface area contributed by atoms with Gasteiger partial charge in [0, 0.05) is 22.2 Å². The van der Waals surface area contributed by atoms with Crippen LogP contribution in [0.15, 0.2) is 22.7 Å². The fourth-order valence-corrected chi connectivity index (χ4v) is 3.06. The lowest BCUT2D eigenvalue weighted by molar-refractivity contribution is 0.579. The molecule has 0 saturated carbocycles. The summed E-state index contributed by atoms with van der Waals surface area (Å²) in [5.74, 6) is 0.937. The van der Waals surface area contributed by atoms with Crippen LogP contribution in [0.5, 0.6) is 0 Å². The van der Waals surface area contributed by atoms with Crippen LogP contribution < -0.4 is 5.73 Å². The highest BCUT2D eigenvalue weighted by atomic mass is 79.9. The van der Waals surface area contributed by atoms with Crippen molar-refractivity contribution in [2.45, 2.75) is 38.6 Å². The van der Waals surface area contributed by atoms with Gasteiger partial charge in [0.15, 0.2) is 0 Å². The lowest BCUT2D eigenvalue weighted by Gasteiger charge is -2.08. The molecule has 2 aromatic rings. The first-order chi connectivity index (χ1) is 9.19. The third-order valence-electron chi connectivity index (χ3n) is 3.71. The zero-order valence-electron chi connectivity index (χ0n) is 11.0. The molecule has 1 aliphatic carbocycles. The molecule has 0 amide bonds. The molecule has 1 aliphatic rings. The van der Waals surface area contributed by atoms with Gasteiger partial charge in [-0.2, -0.15) is 0 Å². The van der Waals surface area contributed by atoms with Gasteiger partial charge in [-0.1, -0.05) is 41.8 Å². The normalized spacial score (nSPS) is 14.3. The van der Waals surface area contributed by atoms with Gasteiger partial charge in [0.25, 0.3) is 0 Å². The summed E-state index contributed by atoms with van der Waals surface area (Å²) in [4.78, 5) is 8.14. The van der Waals surface area contributed by atoms with Crippen molar-refractivity contribution in [3.63, 3.8) is 0 Å². The second kappa shape index (κ2) is 5.10. The van der Waals surface area contributed by atoms with Gasteiger partial charge in [-0.25, -0.2) is 4.98 Å². The molecule has 1 aromatic heterocycles. The summed E-state index contributed by atoms with van der Waals surface area (Å²) in [5.41, 5.74) is 11.0. The van der Waals surface area contributed by atoms with Crippen molar-refractivity contribution in [3.05, 3.63) is 39.8 Å². The summed E-state index contributed by atoms with van der Waals surface area (Å²) in [6.45, 7) is 2.18. The van der Waals surface area contributed by atoms with Gasteiger partial charge < -0.3 is 10.7 Å². The highest BCUT2D eigenvalue weighted by molar-refractivity contribution is 9.10. The van der Waals surface area contributed by atoms with Crippen molar-refractivity contribution < 1.29 is 0 Å². The van der Waals surface area contributed by atoms with Gasteiger partial charge >= 0.3 is 0 Å². The second-order valence-corrected chi connectivity index (χ2v) is 6.09. The van der Waals surface area contributed by atoms with Crippen LogP contribution in [-0.2, 0) is 6.42 Å². The number of unbranched alkanes of at least 4 members (excludes halogenated alkanes) is 1. The predicted octanol–water partition coefficient (Wildman–Crippen LogP) is 3.93. The number of imidazole rings is 1. The first-order valence-electron chi connectivity index (χ1n) is 6.82. The zero-order valence-corrected chi connectivity index (χ0v) is 12.6. The first-order valence-corrected chi connectivity index (χ1v) is 7.61. The van der Waals surface area contributed by atoms with E-state index in [0.717, 1.165) is 35.3 Å². The maximum atomic E-state index is 6.18. The molecule has 0 spiro atoms. The molecule has 0 fully saturated rings. The number of halogens is 1. The minimum Gasteiger partial charge on any atom is -0.344 e. The number of fused-ring (bicyclic) bond motifs is 3. The van der Waals surface area contributed by atoms with Gasteiger partial charge in [0.05, 0.1) is 11.7 Å². The summed E-state index contributed by atoms with van der Waals surface area (Å²) in [6, 6.07) is 6.40. The largest absolute Gasteiger partial charge is 0.344 e. The van der Waals surface area contributed by atoms with E-state index < -0.39 is 0 Å². The average molecular weight is 320 g/mol. The molecule has 3 N–H and O–H groups in total. The van der Waals surface area contributed by atoms with E-state index >= 15 is 0 Å². The molecule has 0 saturated heterocycles. The van der Waals surface area contributed by atoms with E-state index in [9.17, 15) is 0 Å². The molecule has 1 unspecified atom stereocenters. The number of H-pyrrole nitrogens is 1. The Morgan fingerprint density at radius 1 is 1.47 bits per heavy atom. The zero-order chi connectivity index (χ0) is 13.4. The number of nitrogens with zero attached hydrogens (tertiary/aromatic N) is 1. The van der Waals surface area contributed by atoms with E-state index in [1.807, 2.05) is 0 Å². The molecule has 1 atom stereocenters. The fraction of sp³-hybridized carbons (Fsp3) is 0.400. The Morgan fingerprint density at radius 2 is 2.32 bits per heavy atom. The van der Waals surface area contributed by atoms with Crippen LogP contribution >= 0.6 is 15.9 Å². The van der Waals surface area contributed by atoms with Crippen LogP contribution in [0.1, 0.15) is 49.3 Å². The van der Waals surface area contributed by atoms with E-state index in [0.29, 0.717) is 0 Å². The van der Waals surface area contributed by atoms with E-state index in [2.05, 4.69) is 46.0 Å². The minimum absolute atomic E-state index is 0.0319. The maximum Gasteiger partial charge on any atom is 0.124 e. The highest BCUT2D eigenvalue weighted by Crippen LogP contribution is 2.37. The first kappa shape index (κ1) is 12.9. The summed E-state index contributed by atoms with van der Waals surface area (Å²) in [6.07, 6.45) is 4.24. The monoisotopic (exact) mass is 319 g/mol. The molecule has 19 heavy (non-hydrogen) atoms. The van der Waals surface area contributed by atoms with Crippen LogP contribution in [-0.4, -0.2) is 9.97 Å². The van der Waals surface area contributed by atoms with Crippen molar-refractivity contribution in [1.29, 1.82) is 0 Å². The Labute approximate surface area is 121 Å². The standard InChI is InChI=1S/C15H18BrN3/c1-2-3-4-12(17)15-18-13-8-9-7-10(16)5-6-11(9)14(13)19-15/h5-7,12H,2-4,8,17H2,1H3,(H,18,19). The molecule has 3 rings (SSSR count). The SMILES string of the molecule is CCCCC(N)c1nc2c([nH]1)Cc1cc(Br)ccc1-2. The van der Waals surface area contributed by atoms with Crippen LogP contribution in [0.3, 0.4) is 0 Å². The van der Waals surface area contributed by atoms with Gasteiger partial charge in [-0.15, -0.1) is 0 Å². The number of aromatic amines is 1. The van der Waals surface area contributed by atoms with E-state index in [4.69, 9.17) is 10.7 Å². The smallest absolute Gasteiger partial charge is 0.124 e. The molecule has 0 radical (unpaired) electrons.